The molecular weight excluding hydrogens is 256 g/mol. The Morgan fingerprint density at radius 2 is 1.88 bits per heavy atom. The van der Waals surface area contributed by atoms with Crippen LogP contribution >= 0.6 is 23.4 Å². The van der Waals surface area contributed by atoms with Gasteiger partial charge in [-0.25, -0.2) is 0 Å². The molecule has 1 aromatic carbocycles. The summed E-state index contributed by atoms with van der Waals surface area (Å²) in [6.07, 6.45) is 2.02. The Kier molecular flexibility index (Phi) is 3.76. The molecule has 0 atom stereocenters. The lowest BCUT2D eigenvalue weighted by molar-refractivity contribution is 0.465. The van der Waals surface area contributed by atoms with Crippen molar-refractivity contribution < 1.29 is 4.74 Å². The molecule has 0 aliphatic heterocycles. The quantitative estimate of drug-likeness (QED) is 0.677. The van der Waals surface area contributed by atoms with E-state index in [2.05, 4.69) is 4.98 Å². The van der Waals surface area contributed by atoms with E-state index in [4.69, 9.17) is 22.1 Å². The first-order chi connectivity index (χ1) is 8.19. The first kappa shape index (κ1) is 12.1. The van der Waals surface area contributed by atoms with Gasteiger partial charge in [-0.05, 0) is 42.7 Å². The minimum atomic E-state index is 0.328. The highest BCUT2D eigenvalue weighted by Gasteiger charge is 2.04. The maximum Gasteiger partial charge on any atom is 0.244 e. The summed E-state index contributed by atoms with van der Waals surface area (Å²) in [7, 11) is 0. The Morgan fingerprint density at radius 3 is 2.53 bits per heavy atom. The maximum atomic E-state index is 5.78. The van der Waals surface area contributed by atoms with E-state index in [-0.39, 0.29) is 0 Å². The molecule has 0 saturated heterocycles. The maximum absolute atomic E-state index is 5.78. The Bertz CT molecular complexity index is 516. The average molecular weight is 267 g/mol. The lowest BCUT2D eigenvalue weighted by Crippen LogP contribution is -1.94. The van der Waals surface area contributed by atoms with Gasteiger partial charge in [0.15, 0.2) is 0 Å². The van der Waals surface area contributed by atoms with Gasteiger partial charge in [-0.15, -0.1) is 11.8 Å². The molecule has 1 heterocycles. The molecule has 17 heavy (non-hydrogen) atoms. The van der Waals surface area contributed by atoms with Crippen molar-refractivity contribution in [3.63, 3.8) is 0 Å². The number of anilines is 1. The van der Waals surface area contributed by atoms with Crippen LogP contribution in [0.3, 0.4) is 0 Å². The summed E-state index contributed by atoms with van der Waals surface area (Å²) >= 11 is 7.45. The summed E-state index contributed by atoms with van der Waals surface area (Å²) in [5.41, 5.74) is 6.20. The largest absolute Gasteiger partial charge is 0.437 e. The smallest absolute Gasteiger partial charge is 0.244 e. The Balaban J connectivity index is 2.22. The first-order valence-corrected chi connectivity index (χ1v) is 6.53. The molecule has 3 nitrogen and oxygen atoms in total. The third-order valence-electron chi connectivity index (χ3n) is 2.13. The van der Waals surface area contributed by atoms with Gasteiger partial charge in [0.25, 0.3) is 0 Å². The molecule has 0 aliphatic carbocycles. The van der Waals surface area contributed by atoms with E-state index < -0.39 is 0 Å². The number of thioether (sulfide) groups is 1. The van der Waals surface area contributed by atoms with Crippen LogP contribution in [0.1, 0.15) is 0 Å². The number of hydrogen-bond donors (Lipinski definition) is 1. The molecule has 0 unspecified atom stereocenters. The van der Waals surface area contributed by atoms with Crippen LogP contribution in [0.15, 0.2) is 41.3 Å². The van der Waals surface area contributed by atoms with Crippen molar-refractivity contribution in [2.45, 2.75) is 4.90 Å². The number of halogens is 1. The highest BCUT2D eigenvalue weighted by Crippen LogP contribution is 2.27. The first-order valence-electron chi connectivity index (χ1n) is 4.93. The van der Waals surface area contributed by atoms with Crippen molar-refractivity contribution in [3.05, 3.63) is 41.6 Å². The predicted molar refractivity (Wildman–Crippen MR) is 72.0 cm³/mol. The summed E-state index contributed by atoms with van der Waals surface area (Å²) in [5, 5.41) is 0.356. The van der Waals surface area contributed by atoms with E-state index in [1.165, 1.54) is 4.90 Å². The third-order valence-corrected chi connectivity index (χ3v) is 3.08. The number of nitrogen functional groups attached to an aromatic ring is 1. The van der Waals surface area contributed by atoms with E-state index in [0.717, 1.165) is 0 Å². The molecular formula is C12H11ClN2OS. The van der Waals surface area contributed by atoms with E-state index in [9.17, 15) is 0 Å². The number of pyridine rings is 1. The molecule has 0 saturated carbocycles. The summed E-state index contributed by atoms with van der Waals surface area (Å²) in [6.45, 7) is 0. The molecule has 0 fully saturated rings. The van der Waals surface area contributed by atoms with Crippen LogP contribution in [-0.2, 0) is 0 Å². The zero-order valence-corrected chi connectivity index (χ0v) is 10.8. The number of rotatable bonds is 3. The van der Waals surface area contributed by atoms with Gasteiger partial charge in [-0.3, -0.25) is 0 Å². The van der Waals surface area contributed by atoms with Gasteiger partial charge in [0.05, 0.1) is 5.69 Å². The van der Waals surface area contributed by atoms with Gasteiger partial charge in [-0.2, -0.15) is 4.98 Å². The minimum absolute atomic E-state index is 0.328. The molecule has 1 aromatic heterocycles. The van der Waals surface area contributed by atoms with Crippen molar-refractivity contribution >= 4 is 29.1 Å². The molecule has 0 bridgehead atoms. The van der Waals surface area contributed by atoms with E-state index >= 15 is 0 Å². The molecule has 88 valence electrons. The fourth-order valence-electron chi connectivity index (χ4n) is 1.27. The molecule has 5 heteroatoms. The monoisotopic (exact) mass is 266 g/mol. The summed E-state index contributed by atoms with van der Waals surface area (Å²) in [5.74, 6) is 1.01. The highest BCUT2D eigenvalue weighted by atomic mass is 35.5. The van der Waals surface area contributed by atoms with Crippen molar-refractivity contribution in [2.24, 2.45) is 0 Å². The molecule has 0 radical (unpaired) electrons. The topological polar surface area (TPSA) is 48.1 Å². The second kappa shape index (κ2) is 5.29. The summed E-state index contributed by atoms with van der Waals surface area (Å²) in [4.78, 5) is 5.19. The minimum Gasteiger partial charge on any atom is -0.437 e. The fourth-order valence-corrected chi connectivity index (χ4v) is 1.81. The Hall–Kier alpha value is -1.39. The van der Waals surface area contributed by atoms with Crippen LogP contribution in [0.4, 0.5) is 5.69 Å². The molecule has 0 aliphatic rings. The van der Waals surface area contributed by atoms with Crippen molar-refractivity contribution in [1.29, 1.82) is 0 Å². The molecule has 2 rings (SSSR count). The Labute approximate surface area is 109 Å². The SMILES string of the molecule is CSc1ccc(Oc2nc(Cl)ccc2N)cc1. The second-order valence-corrected chi connectivity index (χ2v) is 4.57. The van der Waals surface area contributed by atoms with Gasteiger partial charge in [-0.1, -0.05) is 11.6 Å². The van der Waals surface area contributed by atoms with Crippen LogP contribution in [-0.4, -0.2) is 11.2 Å². The Morgan fingerprint density at radius 1 is 1.18 bits per heavy atom. The molecule has 0 amide bonds. The lowest BCUT2D eigenvalue weighted by atomic mass is 10.3. The zero-order valence-electron chi connectivity index (χ0n) is 9.18. The van der Waals surface area contributed by atoms with Crippen LogP contribution in [0.2, 0.25) is 5.15 Å². The second-order valence-electron chi connectivity index (χ2n) is 3.31. The van der Waals surface area contributed by atoms with Crippen LogP contribution in [0.25, 0.3) is 0 Å². The van der Waals surface area contributed by atoms with Gasteiger partial charge < -0.3 is 10.5 Å². The van der Waals surface area contributed by atoms with Gasteiger partial charge in [0.2, 0.25) is 5.88 Å². The van der Waals surface area contributed by atoms with Crippen molar-refractivity contribution in [2.75, 3.05) is 12.0 Å². The van der Waals surface area contributed by atoms with Crippen LogP contribution < -0.4 is 10.5 Å². The van der Waals surface area contributed by atoms with Crippen LogP contribution in [0, 0.1) is 0 Å². The standard InChI is InChI=1S/C12H11ClN2OS/c1-17-9-4-2-8(3-5-9)16-12-10(14)6-7-11(13)15-12/h2-7H,14H2,1H3. The number of ether oxygens (including phenoxy) is 1. The zero-order chi connectivity index (χ0) is 12.3. The number of nitrogens with two attached hydrogens (primary N) is 1. The fraction of sp³-hybridized carbons (Fsp3) is 0.0833. The van der Waals surface area contributed by atoms with Crippen molar-refractivity contribution in [3.8, 4) is 11.6 Å². The summed E-state index contributed by atoms with van der Waals surface area (Å²) in [6, 6.07) is 11.0. The normalized spacial score (nSPS) is 10.2. The number of hydrogen-bond acceptors (Lipinski definition) is 4. The average Bonchev–Trinajstić information content (AvgIpc) is 2.35. The lowest BCUT2D eigenvalue weighted by Gasteiger charge is -2.07. The molecule has 2 aromatic rings. The van der Waals surface area contributed by atoms with Gasteiger partial charge in [0, 0.05) is 4.90 Å². The van der Waals surface area contributed by atoms with E-state index in [1.54, 1.807) is 23.9 Å². The number of aromatic nitrogens is 1. The number of nitrogens with zero attached hydrogens (tertiary/aromatic N) is 1. The van der Waals surface area contributed by atoms with Gasteiger partial charge in [0.1, 0.15) is 10.9 Å². The molecule has 0 spiro atoms. The van der Waals surface area contributed by atoms with Gasteiger partial charge >= 0.3 is 0 Å². The summed E-state index contributed by atoms with van der Waals surface area (Å²) < 4.78 is 5.56. The predicted octanol–water partition coefficient (Wildman–Crippen LogP) is 3.83. The molecule has 2 N–H and O–H groups in total. The van der Waals surface area contributed by atoms with E-state index in [1.807, 2.05) is 30.5 Å². The highest BCUT2D eigenvalue weighted by molar-refractivity contribution is 7.98. The van der Waals surface area contributed by atoms with Crippen LogP contribution in [0.5, 0.6) is 11.6 Å². The van der Waals surface area contributed by atoms with E-state index in [0.29, 0.717) is 22.5 Å². The van der Waals surface area contributed by atoms with Crippen molar-refractivity contribution in [1.82, 2.24) is 4.98 Å². The number of benzene rings is 1. The third kappa shape index (κ3) is 3.05.